The molecule has 2 rings (SSSR count). The van der Waals surface area contributed by atoms with E-state index in [9.17, 15) is 9.90 Å². The lowest BCUT2D eigenvalue weighted by Crippen LogP contribution is -2.55. The van der Waals surface area contributed by atoms with Crippen molar-refractivity contribution >= 4 is 5.97 Å². The lowest BCUT2D eigenvalue weighted by atomic mass is 9.64. The smallest absolute Gasteiger partial charge is 0.326 e. The minimum atomic E-state index is -0.967. The van der Waals surface area contributed by atoms with Crippen LogP contribution >= 0.6 is 0 Å². The van der Waals surface area contributed by atoms with Crippen molar-refractivity contribution in [1.82, 2.24) is 0 Å². The summed E-state index contributed by atoms with van der Waals surface area (Å²) in [6, 6.07) is 0. The van der Waals surface area contributed by atoms with Gasteiger partial charge in [-0.2, -0.15) is 0 Å². The zero-order valence-corrected chi connectivity index (χ0v) is 11.7. The van der Waals surface area contributed by atoms with Crippen molar-refractivity contribution in [3.8, 4) is 0 Å². The van der Waals surface area contributed by atoms with E-state index in [4.69, 9.17) is 10.5 Å². The van der Waals surface area contributed by atoms with Gasteiger partial charge in [-0.05, 0) is 52.4 Å². The van der Waals surface area contributed by atoms with Gasteiger partial charge in [0.15, 0.2) is 0 Å². The first kappa shape index (κ1) is 13.8. The molecule has 3 N–H and O–H groups in total. The first-order valence-corrected chi connectivity index (χ1v) is 6.87. The maximum atomic E-state index is 12.0. The maximum absolute atomic E-state index is 12.0. The van der Waals surface area contributed by atoms with Gasteiger partial charge in [0, 0.05) is 6.42 Å². The minimum Gasteiger partial charge on any atom is -0.458 e. The van der Waals surface area contributed by atoms with Crippen molar-refractivity contribution in [1.29, 1.82) is 0 Å². The number of carbonyl (C=O) groups excluding carboxylic acids is 1. The predicted octanol–water partition coefficient (Wildman–Crippen LogP) is 1.74. The summed E-state index contributed by atoms with van der Waals surface area (Å²) >= 11 is 0. The van der Waals surface area contributed by atoms with E-state index in [2.05, 4.69) is 0 Å². The Morgan fingerprint density at radius 2 is 2.11 bits per heavy atom. The van der Waals surface area contributed by atoms with Gasteiger partial charge < -0.3 is 15.6 Å². The minimum absolute atomic E-state index is 0.360. The highest BCUT2D eigenvalue weighted by molar-refractivity contribution is 5.79. The summed E-state index contributed by atoms with van der Waals surface area (Å²) in [5.74, 6) is 0.108. The molecule has 3 unspecified atom stereocenters. The molecule has 0 heterocycles. The van der Waals surface area contributed by atoms with Gasteiger partial charge in [0.2, 0.25) is 0 Å². The fraction of sp³-hybridized carbons (Fsp3) is 0.929. The molecule has 0 aromatic rings. The summed E-state index contributed by atoms with van der Waals surface area (Å²) in [5.41, 5.74) is 3.62. The molecule has 2 saturated carbocycles. The molecule has 0 amide bonds. The van der Waals surface area contributed by atoms with Gasteiger partial charge >= 0.3 is 5.97 Å². The molecule has 2 aliphatic carbocycles. The number of esters is 1. The summed E-state index contributed by atoms with van der Waals surface area (Å²) in [5, 5.41) is 10.3. The van der Waals surface area contributed by atoms with Crippen molar-refractivity contribution in [3.63, 3.8) is 0 Å². The quantitative estimate of drug-likeness (QED) is 0.737. The second kappa shape index (κ2) is 4.20. The molecule has 2 bridgehead atoms. The topological polar surface area (TPSA) is 72.5 Å². The van der Waals surface area contributed by atoms with E-state index in [1.54, 1.807) is 13.8 Å². The molecule has 0 aromatic carbocycles. The molecule has 4 heteroatoms. The fourth-order valence-electron chi connectivity index (χ4n) is 3.62. The monoisotopic (exact) mass is 255 g/mol. The van der Waals surface area contributed by atoms with Gasteiger partial charge in [0.1, 0.15) is 11.1 Å². The highest BCUT2D eigenvalue weighted by atomic mass is 16.6. The summed E-state index contributed by atoms with van der Waals surface area (Å²) < 4.78 is 5.73. The van der Waals surface area contributed by atoms with E-state index in [0.717, 1.165) is 32.1 Å². The van der Waals surface area contributed by atoms with E-state index < -0.39 is 16.7 Å². The second-order valence-electron chi connectivity index (χ2n) is 7.13. The van der Waals surface area contributed by atoms with Crippen molar-refractivity contribution in [3.05, 3.63) is 0 Å². The Balaban J connectivity index is 2.15. The van der Waals surface area contributed by atoms with Gasteiger partial charge in [-0.15, -0.1) is 0 Å². The van der Waals surface area contributed by atoms with Crippen molar-refractivity contribution in [2.45, 2.75) is 76.0 Å². The number of nitrogens with two attached hydrogens (primary N) is 1. The van der Waals surface area contributed by atoms with Gasteiger partial charge in [-0.25, -0.2) is 0 Å². The number of ether oxygens (including phenoxy) is 1. The van der Waals surface area contributed by atoms with Crippen LogP contribution < -0.4 is 5.73 Å². The number of hydrogen-bond donors (Lipinski definition) is 2. The third-order valence-electron chi connectivity index (χ3n) is 4.17. The van der Waals surface area contributed by atoms with E-state index in [0.29, 0.717) is 12.3 Å². The van der Waals surface area contributed by atoms with Crippen LogP contribution in [0.15, 0.2) is 0 Å². The maximum Gasteiger partial charge on any atom is 0.326 e. The van der Waals surface area contributed by atoms with Crippen LogP contribution in [0.5, 0.6) is 0 Å². The number of carbonyl (C=O) groups is 1. The second-order valence-corrected chi connectivity index (χ2v) is 7.13. The Morgan fingerprint density at radius 1 is 1.44 bits per heavy atom. The Morgan fingerprint density at radius 3 is 2.72 bits per heavy atom. The molecular weight excluding hydrogens is 230 g/mol. The lowest BCUT2D eigenvalue weighted by Gasteiger charge is -2.50. The van der Waals surface area contributed by atoms with Crippen LogP contribution in [0.2, 0.25) is 0 Å². The lowest BCUT2D eigenvalue weighted by molar-refractivity contribution is -0.190. The summed E-state index contributed by atoms with van der Waals surface area (Å²) in [4.78, 5) is 12.0. The zero-order chi connectivity index (χ0) is 13.6. The molecule has 0 aliphatic heterocycles. The number of hydrogen-bond acceptors (Lipinski definition) is 4. The largest absolute Gasteiger partial charge is 0.458 e. The van der Waals surface area contributed by atoms with Gasteiger partial charge in [-0.1, -0.05) is 6.42 Å². The molecule has 4 nitrogen and oxygen atoms in total. The summed E-state index contributed by atoms with van der Waals surface area (Å²) in [7, 11) is 0. The molecule has 0 saturated heterocycles. The van der Waals surface area contributed by atoms with Crippen LogP contribution in [0.4, 0.5) is 0 Å². The van der Waals surface area contributed by atoms with Crippen molar-refractivity contribution < 1.29 is 14.6 Å². The molecule has 0 radical (unpaired) electrons. The Bertz CT molecular complexity index is 345. The molecule has 2 fully saturated rings. The molecular formula is C14H25NO3. The van der Waals surface area contributed by atoms with E-state index in [1.807, 2.05) is 6.92 Å². The van der Waals surface area contributed by atoms with Crippen LogP contribution in [0.1, 0.15) is 59.3 Å². The van der Waals surface area contributed by atoms with Crippen molar-refractivity contribution in [2.24, 2.45) is 11.7 Å². The summed E-state index contributed by atoms with van der Waals surface area (Å²) in [6.45, 7) is 5.17. The average Bonchev–Trinajstić information content (AvgIpc) is 2.12. The van der Waals surface area contributed by atoms with Crippen molar-refractivity contribution in [2.75, 3.05) is 0 Å². The number of aliphatic hydroxyl groups is 1. The van der Waals surface area contributed by atoms with Crippen LogP contribution in [-0.2, 0) is 9.53 Å². The number of fused-ring (bicyclic) bond motifs is 2. The fourth-order valence-corrected chi connectivity index (χ4v) is 3.62. The van der Waals surface area contributed by atoms with Gasteiger partial charge in [-0.3, -0.25) is 4.79 Å². The standard InChI is InChI=1S/C14H25NO3/c1-12(2,15)11(16)18-14-6-4-5-10(8-14)7-13(3,17)9-14/h10,17H,4-9,15H2,1-3H3. The highest BCUT2D eigenvalue weighted by Gasteiger charge is 2.50. The Kier molecular flexibility index (Phi) is 3.23. The number of rotatable bonds is 2. The van der Waals surface area contributed by atoms with Crippen LogP contribution in [0.25, 0.3) is 0 Å². The molecule has 18 heavy (non-hydrogen) atoms. The molecule has 3 atom stereocenters. The van der Waals surface area contributed by atoms with Crippen LogP contribution in [-0.4, -0.2) is 27.8 Å². The highest BCUT2D eigenvalue weighted by Crippen LogP contribution is 2.49. The van der Waals surface area contributed by atoms with Crippen LogP contribution in [0.3, 0.4) is 0 Å². The first-order valence-electron chi connectivity index (χ1n) is 6.87. The van der Waals surface area contributed by atoms with E-state index in [-0.39, 0.29) is 5.97 Å². The third-order valence-corrected chi connectivity index (χ3v) is 4.17. The molecule has 0 spiro atoms. The zero-order valence-electron chi connectivity index (χ0n) is 11.7. The molecule has 104 valence electrons. The Hall–Kier alpha value is -0.610. The molecule has 2 aliphatic rings. The van der Waals surface area contributed by atoms with Crippen LogP contribution in [0, 0.1) is 5.92 Å². The predicted molar refractivity (Wildman–Crippen MR) is 68.9 cm³/mol. The Labute approximate surface area is 109 Å². The SMILES string of the molecule is CC1(O)CC2CCCC(OC(=O)C(C)(C)N)(C2)C1. The van der Waals surface area contributed by atoms with E-state index in [1.165, 1.54) is 0 Å². The summed E-state index contributed by atoms with van der Waals surface area (Å²) in [6.07, 6.45) is 5.28. The first-order chi connectivity index (χ1) is 8.12. The van der Waals surface area contributed by atoms with E-state index >= 15 is 0 Å². The third kappa shape index (κ3) is 2.86. The average molecular weight is 255 g/mol. The van der Waals surface area contributed by atoms with Gasteiger partial charge in [0.05, 0.1) is 5.60 Å². The van der Waals surface area contributed by atoms with Gasteiger partial charge in [0.25, 0.3) is 0 Å². The normalized spacial score (nSPS) is 40.4. The molecule has 0 aromatic heterocycles.